The number of hydrogen-bond donors (Lipinski definition) is 1. The molecule has 1 heterocycles. The van der Waals surface area contributed by atoms with Gasteiger partial charge in [0.15, 0.2) is 5.78 Å². The normalized spacial score (nSPS) is 15.7. The van der Waals surface area contributed by atoms with Crippen LogP contribution in [0.1, 0.15) is 43.8 Å². The Hall–Kier alpha value is -2.07. The molecule has 2 aromatic carbocycles. The molecule has 0 amide bonds. The molecule has 0 unspecified atom stereocenters. The maximum absolute atomic E-state index is 12.2. The number of rotatable bonds is 1. The van der Waals surface area contributed by atoms with Crippen molar-refractivity contribution in [2.24, 2.45) is 0 Å². The van der Waals surface area contributed by atoms with Crippen LogP contribution in [-0.2, 0) is 19.3 Å². The van der Waals surface area contributed by atoms with Gasteiger partial charge in [0, 0.05) is 21.8 Å². The molecule has 0 saturated heterocycles. The molecule has 110 valence electrons. The molecule has 0 radical (unpaired) electrons. The quantitative estimate of drug-likeness (QED) is 0.871. The lowest BCUT2D eigenvalue weighted by molar-refractivity contribution is 0.0696. The number of benzene rings is 2. The molecule has 0 fully saturated rings. The molecule has 22 heavy (non-hydrogen) atoms. The molecule has 2 aliphatic rings. The van der Waals surface area contributed by atoms with E-state index in [9.17, 15) is 9.59 Å². The monoisotopic (exact) mass is 310 g/mol. The number of aryl methyl sites for hydroxylation is 2. The van der Waals surface area contributed by atoms with Crippen molar-refractivity contribution in [2.45, 2.75) is 35.5 Å². The molecule has 0 aromatic heterocycles. The largest absolute Gasteiger partial charge is 0.478 e. The van der Waals surface area contributed by atoms with E-state index in [2.05, 4.69) is 12.1 Å². The molecule has 0 spiro atoms. The van der Waals surface area contributed by atoms with E-state index in [1.54, 1.807) is 23.9 Å². The Balaban J connectivity index is 1.83. The Kier molecular flexibility index (Phi) is 3.08. The SMILES string of the molecule is O=C(O)c1ccc2c(c1)Sc1ccc3c(c1CC2)C(=O)CC3. The van der Waals surface area contributed by atoms with Crippen LogP contribution >= 0.6 is 11.8 Å². The van der Waals surface area contributed by atoms with E-state index in [1.807, 2.05) is 6.07 Å². The fourth-order valence-corrected chi connectivity index (χ4v) is 4.50. The summed E-state index contributed by atoms with van der Waals surface area (Å²) < 4.78 is 0. The average molecular weight is 310 g/mol. The van der Waals surface area contributed by atoms with E-state index in [0.717, 1.165) is 45.7 Å². The van der Waals surface area contributed by atoms with Gasteiger partial charge >= 0.3 is 5.97 Å². The van der Waals surface area contributed by atoms with Gasteiger partial charge in [-0.05, 0) is 54.2 Å². The second kappa shape index (κ2) is 4.99. The average Bonchev–Trinajstić information content (AvgIpc) is 2.78. The summed E-state index contributed by atoms with van der Waals surface area (Å²) in [5, 5.41) is 9.16. The van der Waals surface area contributed by atoms with Crippen LogP contribution < -0.4 is 0 Å². The van der Waals surface area contributed by atoms with Crippen molar-refractivity contribution < 1.29 is 14.7 Å². The predicted molar refractivity (Wildman–Crippen MR) is 84.0 cm³/mol. The summed E-state index contributed by atoms with van der Waals surface area (Å²) in [6.45, 7) is 0. The summed E-state index contributed by atoms with van der Waals surface area (Å²) in [5.74, 6) is -0.651. The highest BCUT2D eigenvalue weighted by Gasteiger charge is 2.27. The van der Waals surface area contributed by atoms with E-state index in [-0.39, 0.29) is 5.78 Å². The molecule has 1 N–H and O–H groups in total. The van der Waals surface area contributed by atoms with Crippen LogP contribution in [0.4, 0.5) is 0 Å². The maximum Gasteiger partial charge on any atom is 0.335 e. The van der Waals surface area contributed by atoms with Gasteiger partial charge in [-0.1, -0.05) is 23.9 Å². The lowest BCUT2D eigenvalue weighted by Gasteiger charge is -2.10. The van der Waals surface area contributed by atoms with Gasteiger partial charge in [-0.15, -0.1) is 0 Å². The summed E-state index contributed by atoms with van der Waals surface area (Å²) >= 11 is 1.59. The van der Waals surface area contributed by atoms with Gasteiger partial charge in [-0.3, -0.25) is 4.79 Å². The summed E-state index contributed by atoms with van der Waals surface area (Å²) in [7, 11) is 0. The van der Waals surface area contributed by atoms with Gasteiger partial charge in [0.25, 0.3) is 0 Å². The van der Waals surface area contributed by atoms with Crippen molar-refractivity contribution in [3.8, 4) is 0 Å². The van der Waals surface area contributed by atoms with Crippen molar-refractivity contribution in [3.63, 3.8) is 0 Å². The van der Waals surface area contributed by atoms with Crippen molar-refractivity contribution in [1.82, 2.24) is 0 Å². The number of carbonyl (C=O) groups is 2. The summed E-state index contributed by atoms with van der Waals surface area (Å²) in [5.41, 5.74) is 4.72. The molecule has 4 rings (SSSR count). The Labute approximate surface area is 132 Å². The van der Waals surface area contributed by atoms with Crippen LogP contribution in [0.2, 0.25) is 0 Å². The van der Waals surface area contributed by atoms with Crippen LogP contribution in [0.3, 0.4) is 0 Å². The van der Waals surface area contributed by atoms with E-state index < -0.39 is 5.97 Å². The van der Waals surface area contributed by atoms with Crippen molar-refractivity contribution >= 4 is 23.5 Å². The first-order chi connectivity index (χ1) is 10.6. The smallest absolute Gasteiger partial charge is 0.335 e. The maximum atomic E-state index is 12.2. The minimum atomic E-state index is -0.906. The van der Waals surface area contributed by atoms with Crippen molar-refractivity contribution in [3.05, 3.63) is 58.1 Å². The molecule has 1 aliphatic heterocycles. The van der Waals surface area contributed by atoms with Gasteiger partial charge in [-0.25, -0.2) is 4.79 Å². The minimum absolute atomic E-state index is 0.254. The molecule has 2 aromatic rings. The lowest BCUT2D eigenvalue weighted by Crippen LogP contribution is -2.02. The Morgan fingerprint density at radius 3 is 2.55 bits per heavy atom. The Morgan fingerprint density at radius 1 is 0.955 bits per heavy atom. The third-order valence-electron chi connectivity index (χ3n) is 4.43. The van der Waals surface area contributed by atoms with Gasteiger partial charge < -0.3 is 5.11 Å². The summed E-state index contributed by atoms with van der Waals surface area (Å²) in [6, 6.07) is 9.44. The summed E-state index contributed by atoms with van der Waals surface area (Å²) in [4.78, 5) is 25.4. The van der Waals surface area contributed by atoms with Gasteiger partial charge in [0.1, 0.15) is 0 Å². The zero-order chi connectivity index (χ0) is 15.3. The van der Waals surface area contributed by atoms with Crippen LogP contribution in [-0.4, -0.2) is 16.9 Å². The van der Waals surface area contributed by atoms with Crippen LogP contribution in [0, 0.1) is 0 Å². The third-order valence-corrected chi connectivity index (χ3v) is 5.64. The van der Waals surface area contributed by atoms with Crippen LogP contribution in [0.15, 0.2) is 40.1 Å². The van der Waals surface area contributed by atoms with Gasteiger partial charge in [0.05, 0.1) is 5.56 Å². The second-order valence-corrected chi connectivity index (χ2v) is 6.81. The highest BCUT2D eigenvalue weighted by atomic mass is 32.2. The number of carboxylic acid groups (broad SMARTS) is 1. The van der Waals surface area contributed by atoms with Gasteiger partial charge in [-0.2, -0.15) is 0 Å². The first-order valence-corrected chi connectivity index (χ1v) is 8.17. The van der Waals surface area contributed by atoms with E-state index in [0.29, 0.717) is 12.0 Å². The topological polar surface area (TPSA) is 54.4 Å². The standard InChI is InChI=1S/C18H14O3S/c19-14-7-4-11-5-8-15-13(17(11)14)6-3-10-1-2-12(18(20)21)9-16(10)22-15/h1-2,5,8-9H,3-4,6-7H2,(H,20,21). The predicted octanol–water partition coefficient (Wildman–Crippen LogP) is 3.76. The molecule has 1 aliphatic carbocycles. The van der Waals surface area contributed by atoms with E-state index in [1.165, 1.54) is 5.56 Å². The van der Waals surface area contributed by atoms with Crippen LogP contribution in [0.25, 0.3) is 0 Å². The number of aromatic carboxylic acids is 1. The first kappa shape index (κ1) is 13.6. The number of hydrogen-bond acceptors (Lipinski definition) is 3. The molecule has 0 saturated carbocycles. The lowest BCUT2D eigenvalue weighted by atomic mass is 9.96. The number of fused-ring (bicyclic) bond motifs is 4. The number of carboxylic acids is 1. The van der Waals surface area contributed by atoms with E-state index in [4.69, 9.17) is 5.11 Å². The van der Waals surface area contributed by atoms with E-state index >= 15 is 0 Å². The molecule has 3 nitrogen and oxygen atoms in total. The van der Waals surface area contributed by atoms with Crippen molar-refractivity contribution in [1.29, 1.82) is 0 Å². The summed E-state index contributed by atoms with van der Waals surface area (Å²) in [6.07, 6.45) is 3.16. The highest BCUT2D eigenvalue weighted by molar-refractivity contribution is 7.99. The van der Waals surface area contributed by atoms with Crippen LogP contribution in [0.5, 0.6) is 0 Å². The third kappa shape index (κ3) is 2.06. The molecular formula is C18H14O3S. The zero-order valence-corrected chi connectivity index (χ0v) is 12.7. The molecule has 0 atom stereocenters. The molecule has 4 heteroatoms. The highest BCUT2D eigenvalue weighted by Crippen LogP contribution is 2.41. The van der Waals surface area contributed by atoms with Gasteiger partial charge in [0.2, 0.25) is 0 Å². The number of carbonyl (C=O) groups excluding carboxylic acids is 1. The Bertz CT molecular complexity index is 823. The zero-order valence-electron chi connectivity index (χ0n) is 11.9. The fourth-order valence-electron chi connectivity index (χ4n) is 3.32. The van der Waals surface area contributed by atoms with Crippen molar-refractivity contribution in [2.75, 3.05) is 0 Å². The second-order valence-electron chi connectivity index (χ2n) is 5.73. The number of ketones is 1. The minimum Gasteiger partial charge on any atom is -0.478 e. The Morgan fingerprint density at radius 2 is 1.73 bits per heavy atom. The fraction of sp³-hybridized carbons (Fsp3) is 0.222. The molecule has 0 bridgehead atoms. The first-order valence-electron chi connectivity index (χ1n) is 7.35. The number of Topliss-reactive ketones (excluding diaryl/α,β-unsaturated/α-hetero) is 1. The molecular weight excluding hydrogens is 296 g/mol.